The third kappa shape index (κ3) is 5.15. The molecule has 0 spiro atoms. The van der Waals surface area contributed by atoms with Crippen LogP contribution in [0.25, 0.3) is 0 Å². The summed E-state index contributed by atoms with van der Waals surface area (Å²) in [5.41, 5.74) is 7.87. The summed E-state index contributed by atoms with van der Waals surface area (Å²) in [7, 11) is 0. The molecule has 1 saturated heterocycles. The average molecular weight is 398 g/mol. The molecule has 1 aliphatic heterocycles. The second-order valence-corrected chi connectivity index (χ2v) is 7.63. The van der Waals surface area contributed by atoms with Gasteiger partial charge in [-0.3, -0.25) is 4.79 Å². The summed E-state index contributed by atoms with van der Waals surface area (Å²) in [6.45, 7) is 2.26. The quantitative estimate of drug-likeness (QED) is 0.458. The van der Waals surface area contributed by atoms with Gasteiger partial charge >= 0.3 is 0 Å². The monoisotopic (exact) mass is 397 g/mol. The molecule has 0 unspecified atom stereocenters. The number of rotatable bonds is 7. The summed E-state index contributed by atoms with van der Waals surface area (Å²) >= 11 is 0. The van der Waals surface area contributed by atoms with Crippen LogP contribution in [0.5, 0.6) is 0 Å². The Kier molecular flexibility index (Phi) is 6.55. The van der Waals surface area contributed by atoms with Gasteiger partial charge in [0, 0.05) is 24.3 Å². The van der Waals surface area contributed by atoms with Crippen LogP contribution in [0.1, 0.15) is 39.9 Å². The fourth-order valence-electron chi connectivity index (χ4n) is 3.86. The number of amides is 1. The molecule has 4 heteroatoms. The molecule has 0 aliphatic carbocycles. The summed E-state index contributed by atoms with van der Waals surface area (Å²) in [5.74, 6) is -0.177. The second-order valence-electron chi connectivity index (χ2n) is 7.63. The van der Waals surface area contributed by atoms with Crippen LogP contribution in [0.2, 0.25) is 0 Å². The zero-order valence-corrected chi connectivity index (χ0v) is 17.1. The molecule has 3 aromatic carbocycles. The molecule has 4 nitrogen and oxygen atoms in total. The van der Waals surface area contributed by atoms with Crippen molar-refractivity contribution in [2.24, 2.45) is 5.10 Å². The number of carbonyl (C=O) groups excluding carboxylic acids is 1. The molecule has 1 amide bonds. The van der Waals surface area contributed by atoms with E-state index < -0.39 is 0 Å². The molecule has 30 heavy (non-hydrogen) atoms. The van der Waals surface area contributed by atoms with Crippen molar-refractivity contribution in [2.75, 3.05) is 18.0 Å². The number of nitrogens with zero attached hydrogens (tertiary/aromatic N) is 2. The molecule has 0 radical (unpaired) electrons. The average Bonchev–Trinajstić information content (AvgIpc) is 3.34. The van der Waals surface area contributed by atoms with Crippen LogP contribution in [0, 0.1) is 0 Å². The minimum absolute atomic E-state index is 0.177. The normalized spacial score (nSPS) is 13.7. The van der Waals surface area contributed by atoms with Crippen LogP contribution >= 0.6 is 0 Å². The molecule has 0 saturated carbocycles. The minimum Gasteiger partial charge on any atom is -0.372 e. The first kappa shape index (κ1) is 19.9. The molecule has 1 N–H and O–H groups in total. The Labute approximate surface area is 178 Å². The number of hydrazone groups is 1. The highest BCUT2D eigenvalue weighted by Gasteiger charge is 2.12. The van der Waals surface area contributed by atoms with E-state index in [1.807, 2.05) is 54.6 Å². The van der Waals surface area contributed by atoms with Crippen LogP contribution in [0.15, 0.2) is 84.0 Å². The van der Waals surface area contributed by atoms with Crippen LogP contribution in [0.3, 0.4) is 0 Å². The van der Waals surface area contributed by atoms with E-state index in [0.29, 0.717) is 5.56 Å². The number of aryl methyl sites for hydroxylation is 2. The highest BCUT2D eigenvalue weighted by Crippen LogP contribution is 2.20. The van der Waals surface area contributed by atoms with E-state index in [4.69, 9.17) is 0 Å². The van der Waals surface area contributed by atoms with Crippen molar-refractivity contribution >= 4 is 17.8 Å². The van der Waals surface area contributed by atoms with Crippen molar-refractivity contribution in [3.63, 3.8) is 0 Å². The van der Waals surface area contributed by atoms with Gasteiger partial charge in [0.25, 0.3) is 5.91 Å². The Morgan fingerprint density at radius 1 is 0.867 bits per heavy atom. The molecular weight excluding hydrogens is 370 g/mol. The largest absolute Gasteiger partial charge is 0.372 e. The maximum absolute atomic E-state index is 12.7. The number of anilines is 1. The van der Waals surface area contributed by atoms with Crippen LogP contribution in [-0.4, -0.2) is 25.2 Å². The van der Waals surface area contributed by atoms with Crippen molar-refractivity contribution in [1.29, 1.82) is 0 Å². The van der Waals surface area contributed by atoms with E-state index in [1.165, 1.54) is 24.1 Å². The lowest BCUT2D eigenvalue weighted by molar-refractivity contribution is 0.0954. The van der Waals surface area contributed by atoms with Gasteiger partial charge in [-0.15, -0.1) is 0 Å². The summed E-state index contributed by atoms with van der Waals surface area (Å²) in [5, 5.41) is 4.17. The Bertz CT molecular complexity index is 990. The number of carbonyl (C=O) groups is 1. The summed E-state index contributed by atoms with van der Waals surface area (Å²) in [6.07, 6.45) is 5.94. The first-order valence-electron chi connectivity index (χ1n) is 10.6. The van der Waals surface area contributed by atoms with Gasteiger partial charge < -0.3 is 4.90 Å². The van der Waals surface area contributed by atoms with Crippen molar-refractivity contribution in [1.82, 2.24) is 5.43 Å². The lowest BCUT2D eigenvalue weighted by Crippen LogP contribution is -2.19. The first-order chi connectivity index (χ1) is 14.8. The zero-order valence-electron chi connectivity index (χ0n) is 17.1. The van der Waals surface area contributed by atoms with E-state index in [9.17, 15) is 4.79 Å². The summed E-state index contributed by atoms with van der Waals surface area (Å²) in [4.78, 5) is 15.1. The smallest absolute Gasteiger partial charge is 0.271 e. The Hall–Kier alpha value is -3.40. The maximum Gasteiger partial charge on any atom is 0.271 e. The molecule has 0 atom stereocenters. The van der Waals surface area contributed by atoms with Gasteiger partial charge in [0.2, 0.25) is 0 Å². The predicted octanol–water partition coefficient (Wildman–Crippen LogP) is 4.84. The highest BCUT2D eigenvalue weighted by atomic mass is 16.2. The van der Waals surface area contributed by atoms with Crippen LogP contribution < -0.4 is 10.3 Å². The summed E-state index contributed by atoms with van der Waals surface area (Å²) in [6, 6.07) is 26.4. The standard InChI is InChI=1S/C26H27N3O/c30-26(25-11-5-4-10-23(25)15-12-21-8-2-1-3-9-21)28-27-20-22-13-16-24(17-14-22)29-18-6-7-19-29/h1-5,8-11,13-14,16-17,20H,6-7,12,15,18-19H2,(H,28,30). The van der Waals surface area contributed by atoms with Gasteiger partial charge in [-0.25, -0.2) is 5.43 Å². The lowest BCUT2D eigenvalue weighted by atomic mass is 9.99. The van der Waals surface area contributed by atoms with E-state index in [0.717, 1.165) is 37.1 Å². The van der Waals surface area contributed by atoms with Gasteiger partial charge in [-0.1, -0.05) is 60.7 Å². The predicted molar refractivity (Wildman–Crippen MR) is 123 cm³/mol. The SMILES string of the molecule is O=C(NN=Cc1ccc(N2CCCC2)cc1)c1ccccc1CCc1ccccc1. The molecular formula is C26H27N3O. The Morgan fingerprint density at radius 3 is 2.33 bits per heavy atom. The third-order valence-electron chi connectivity index (χ3n) is 5.53. The number of benzene rings is 3. The molecule has 152 valence electrons. The lowest BCUT2D eigenvalue weighted by Gasteiger charge is -2.17. The van der Waals surface area contributed by atoms with Gasteiger partial charge in [0.05, 0.1) is 6.21 Å². The third-order valence-corrected chi connectivity index (χ3v) is 5.53. The Morgan fingerprint density at radius 2 is 1.57 bits per heavy atom. The van der Waals surface area contributed by atoms with Gasteiger partial charge in [-0.2, -0.15) is 5.10 Å². The van der Waals surface area contributed by atoms with Crippen LogP contribution in [0.4, 0.5) is 5.69 Å². The maximum atomic E-state index is 12.7. The van der Waals surface area contributed by atoms with E-state index in [-0.39, 0.29) is 5.91 Å². The number of hydrogen-bond donors (Lipinski definition) is 1. The molecule has 1 heterocycles. The Balaban J connectivity index is 1.35. The molecule has 4 rings (SSSR count). The molecule has 0 aromatic heterocycles. The first-order valence-corrected chi connectivity index (χ1v) is 10.6. The van der Waals surface area contributed by atoms with Gasteiger partial charge in [0.1, 0.15) is 0 Å². The number of hydrogen-bond acceptors (Lipinski definition) is 3. The van der Waals surface area contributed by atoms with Crippen molar-refractivity contribution < 1.29 is 4.79 Å². The fourth-order valence-corrected chi connectivity index (χ4v) is 3.86. The molecule has 3 aromatic rings. The van der Waals surface area contributed by atoms with Gasteiger partial charge in [-0.05, 0) is 60.6 Å². The van der Waals surface area contributed by atoms with E-state index >= 15 is 0 Å². The molecule has 1 fully saturated rings. The van der Waals surface area contributed by atoms with E-state index in [1.54, 1.807) is 6.21 Å². The van der Waals surface area contributed by atoms with Crippen molar-refractivity contribution in [2.45, 2.75) is 25.7 Å². The highest BCUT2D eigenvalue weighted by molar-refractivity contribution is 5.96. The zero-order chi connectivity index (χ0) is 20.6. The van der Waals surface area contributed by atoms with Crippen molar-refractivity contribution in [3.8, 4) is 0 Å². The topological polar surface area (TPSA) is 44.7 Å². The van der Waals surface area contributed by atoms with Gasteiger partial charge in [0.15, 0.2) is 0 Å². The second kappa shape index (κ2) is 9.88. The van der Waals surface area contributed by atoms with E-state index in [2.05, 4.69) is 39.7 Å². The summed E-state index contributed by atoms with van der Waals surface area (Å²) < 4.78 is 0. The molecule has 1 aliphatic rings. The number of nitrogens with one attached hydrogen (secondary N) is 1. The minimum atomic E-state index is -0.177. The van der Waals surface area contributed by atoms with Crippen molar-refractivity contribution in [3.05, 3.63) is 101 Å². The molecule has 0 bridgehead atoms. The van der Waals surface area contributed by atoms with Crippen LogP contribution in [-0.2, 0) is 12.8 Å². The fraction of sp³-hybridized carbons (Fsp3) is 0.231.